The van der Waals surface area contributed by atoms with E-state index in [-0.39, 0.29) is 11.8 Å². The minimum absolute atomic E-state index is 0.261. The topological polar surface area (TPSA) is 54.0 Å². The summed E-state index contributed by atoms with van der Waals surface area (Å²) in [6, 6.07) is 9.59. The molecule has 6 heteroatoms. The molecule has 4 nitrogen and oxygen atoms in total. The van der Waals surface area contributed by atoms with Crippen molar-refractivity contribution in [2.75, 3.05) is 11.9 Å². The Labute approximate surface area is 124 Å². The molecule has 0 saturated carbocycles. The lowest BCUT2D eigenvalue weighted by Gasteiger charge is -2.07. The molecule has 1 aromatic carbocycles. The number of aromatic nitrogens is 1. The minimum Gasteiger partial charge on any atom is -0.337 e. The number of amides is 2. The van der Waals surface area contributed by atoms with Crippen LogP contribution in [-0.2, 0) is 6.42 Å². The van der Waals surface area contributed by atoms with Crippen molar-refractivity contribution in [2.24, 2.45) is 0 Å². The van der Waals surface area contributed by atoms with Crippen LogP contribution in [0.1, 0.15) is 5.56 Å². The fraction of sp³-hybridized carbons (Fsp3) is 0.143. The number of nitrogens with zero attached hydrogens (tertiary/aromatic N) is 1. The third-order valence-corrected chi connectivity index (χ3v) is 3.09. The van der Waals surface area contributed by atoms with Crippen LogP contribution in [0.25, 0.3) is 0 Å². The Balaban J connectivity index is 1.80. The van der Waals surface area contributed by atoms with Gasteiger partial charge in [0.2, 0.25) is 0 Å². The zero-order chi connectivity index (χ0) is 14.4. The quantitative estimate of drug-likeness (QED) is 0.898. The fourth-order valence-electron chi connectivity index (χ4n) is 1.65. The third kappa shape index (κ3) is 4.31. The minimum atomic E-state index is -0.369. The van der Waals surface area contributed by atoms with Crippen LogP contribution >= 0.6 is 15.9 Å². The number of benzene rings is 1. The van der Waals surface area contributed by atoms with Crippen LogP contribution < -0.4 is 10.6 Å². The van der Waals surface area contributed by atoms with E-state index in [2.05, 4.69) is 31.5 Å². The van der Waals surface area contributed by atoms with E-state index in [9.17, 15) is 9.18 Å². The molecule has 1 heterocycles. The Hall–Kier alpha value is -1.95. The van der Waals surface area contributed by atoms with Crippen LogP contribution in [0, 0.1) is 5.82 Å². The zero-order valence-electron chi connectivity index (χ0n) is 10.6. The summed E-state index contributed by atoms with van der Waals surface area (Å²) < 4.78 is 14.2. The Morgan fingerprint density at radius 1 is 1.30 bits per heavy atom. The van der Waals surface area contributed by atoms with Crippen molar-refractivity contribution in [2.45, 2.75) is 6.42 Å². The molecule has 0 aliphatic heterocycles. The third-order valence-electron chi connectivity index (χ3n) is 2.60. The molecule has 104 valence electrons. The summed E-state index contributed by atoms with van der Waals surface area (Å²) in [6.45, 7) is 0.348. The molecule has 2 N–H and O–H groups in total. The summed E-state index contributed by atoms with van der Waals surface area (Å²) in [6.07, 6.45) is 2.02. The molecular weight excluding hydrogens is 325 g/mol. The molecule has 0 radical (unpaired) electrons. The van der Waals surface area contributed by atoms with Crippen molar-refractivity contribution in [3.8, 4) is 0 Å². The molecular formula is C14H13BrFN3O. The lowest BCUT2D eigenvalue weighted by Crippen LogP contribution is -2.30. The van der Waals surface area contributed by atoms with Gasteiger partial charge in [0.1, 0.15) is 11.6 Å². The monoisotopic (exact) mass is 337 g/mol. The summed E-state index contributed by atoms with van der Waals surface area (Å²) in [4.78, 5) is 15.6. The average Bonchev–Trinajstić information content (AvgIpc) is 2.41. The van der Waals surface area contributed by atoms with E-state index in [1.54, 1.807) is 36.5 Å². The summed E-state index contributed by atoms with van der Waals surface area (Å²) in [7, 11) is 0. The number of hydrogen-bond donors (Lipinski definition) is 2. The number of urea groups is 1. The number of nitrogens with one attached hydrogen (secondary N) is 2. The van der Waals surface area contributed by atoms with Gasteiger partial charge in [-0.1, -0.05) is 34.1 Å². The first kappa shape index (κ1) is 14.5. The van der Waals surface area contributed by atoms with Crippen molar-refractivity contribution < 1.29 is 9.18 Å². The van der Waals surface area contributed by atoms with Gasteiger partial charge < -0.3 is 5.32 Å². The molecule has 20 heavy (non-hydrogen) atoms. The van der Waals surface area contributed by atoms with Crippen LogP contribution in [0.3, 0.4) is 0 Å². The van der Waals surface area contributed by atoms with Crippen molar-refractivity contribution in [3.05, 3.63) is 58.4 Å². The molecule has 0 fully saturated rings. The van der Waals surface area contributed by atoms with E-state index >= 15 is 0 Å². The summed E-state index contributed by atoms with van der Waals surface area (Å²) >= 11 is 3.29. The highest BCUT2D eigenvalue weighted by Crippen LogP contribution is 2.12. The summed E-state index contributed by atoms with van der Waals surface area (Å²) in [5.74, 6) is 0.186. The lowest BCUT2D eigenvalue weighted by molar-refractivity contribution is 0.252. The average molecular weight is 338 g/mol. The van der Waals surface area contributed by atoms with E-state index in [0.717, 1.165) is 4.47 Å². The predicted molar refractivity (Wildman–Crippen MR) is 79.1 cm³/mol. The molecule has 2 amide bonds. The van der Waals surface area contributed by atoms with Gasteiger partial charge >= 0.3 is 6.03 Å². The van der Waals surface area contributed by atoms with Crippen molar-refractivity contribution >= 4 is 27.8 Å². The SMILES string of the molecule is O=C(NCCc1ccccc1F)Nc1cc(Br)ccn1. The number of pyridine rings is 1. The molecule has 0 saturated heterocycles. The molecule has 0 atom stereocenters. The highest BCUT2D eigenvalue weighted by atomic mass is 79.9. The molecule has 0 spiro atoms. The molecule has 0 aliphatic rings. The first-order valence-electron chi connectivity index (χ1n) is 6.05. The van der Waals surface area contributed by atoms with E-state index in [0.29, 0.717) is 24.3 Å². The van der Waals surface area contributed by atoms with E-state index in [1.165, 1.54) is 6.07 Å². The maximum Gasteiger partial charge on any atom is 0.320 e. The molecule has 2 rings (SSSR count). The van der Waals surface area contributed by atoms with Crippen LogP contribution in [-0.4, -0.2) is 17.6 Å². The Kier molecular flexibility index (Phi) is 5.06. The molecule has 1 aromatic heterocycles. The van der Waals surface area contributed by atoms with Gasteiger partial charge in [0, 0.05) is 17.2 Å². The predicted octanol–water partition coefficient (Wildman–Crippen LogP) is 3.35. The van der Waals surface area contributed by atoms with Gasteiger partial charge in [0.05, 0.1) is 0 Å². The van der Waals surface area contributed by atoms with E-state index in [4.69, 9.17) is 0 Å². The number of halogens is 2. The second-order valence-electron chi connectivity index (χ2n) is 4.08. The second kappa shape index (κ2) is 7.00. The van der Waals surface area contributed by atoms with Crippen LogP contribution in [0.4, 0.5) is 15.0 Å². The van der Waals surface area contributed by atoms with Gasteiger partial charge in [-0.2, -0.15) is 0 Å². The summed E-state index contributed by atoms with van der Waals surface area (Å²) in [5, 5.41) is 5.25. The largest absolute Gasteiger partial charge is 0.337 e. The highest BCUT2D eigenvalue weighted by molar-refractivity contribution is 9.10. The maximum atomic E-state index is 13.4. The van der Waals surface area contributed by atoms with Gasteiger partial charge in [-0.05, 0) is 30.2 Å². The Morgan fingerprint density at radius 3 is 2.85 bits per heavy atom. The normalized spacial score (nSPS) is 10.1. The Bertz CT molecular complexity index is 606. The smallest absolute Gasteiger partial charge is 0.320 e. The second-order valence-corrected chi connectivity index (χ2v) is 5.00. The standard InChI is InChI=1S/C14H13BrFN3O/c15-11-6-8-17-13(9-11)19-14(20)18-7-5-10-3-1-2-4-12(10)16/h1-4,6,8-9H,5,7H2,(H2,17,18,19,20). The van der Waals surface area contributed by atoms with Gasteiger partial charge in [-0.3, -0.25) is 5.32 Å². The number of carbonyl (C=O) groups is 1. The van der Waals surface area contributed by atoms with Crippen molar-refractivity contribution in [1.29, 1.82) is 0 Å². The molecule has 0 unspecified atom stereocenters. The van der Waals surface area contributed by atoms with E-state index in [1.807, 2.05) is 0 Å². The van der Waals surface area contributed by atoms with Gasteiger partial charge in [0.25, 0.3) is 0 Å². The van der Waals surface area contributed by atoms with Gasteiger partial charge in [0.15, 0.2) is 0 Å². The number of anilines is 1. The fourth-order valence-corrected chi connectivity index (χ4v) is 1.98. The number of carbonyl (C=O) groups excluding carboxylic acids is 1. The van der Waals surface area contributed by atoms with E-state index < -0.39 is 0 Å². The lowest BCUT2D eigenvalue weighted by atomic mass is 10.1. The van der Waals surface area contributed by atoms with Gasteiger partial charge in [-0.15, -0.1) is 0 Å². The Morgan fingerprint density at radius 2 is 2.10 bits per heavy atom. The van der Waals surface area contributed by atoms with Crippen molar-refractivity contribution in [1.82, 2.24) is 10.3 Å². The first-order chi connectivity index (χ1) is 9.65. The molecule has 0 bridgehead atoms. The van der Waals surface area contributed by atoms with Crippen molar-refractivity contribution in [3.63, 3.8) is 0 Å². The van der Waals surface area contributed by atoms with Gasteiger partial charge in [-0.25, -0.2) is 14.2 Å². The number of hydrogen-bond acceptors (Lipinski definition) is 2. The number of rotatable bonds is 4. The maximum absolute atomic E-state index is 13.4. The van der Waals surface area contributed by atoms with Crippen LogP contribution in [0.5, 0.6) is 0 Å². The highest BCUT2D eigenvalue weighted by Gasteiger charge is 2.04. The summed E-state index contributed by atoms with van der Waals surface area (Å²) in [5.41, 5.74) is 0.577. The molecule has 2 aromatic rings. The molecule has 0 aliphatic carbocycles. The van der Waals surface area contributed by atoms with Crippen LogP contribution in [0.2, 0.25) is 0 Å². The van der Waals surface area contributed by atoms with Crippen LogP contribution in [0.15, 0.2) is 47.1 Å². The zero-order valence-corrected chi connectivity index (χ0v) is 12.2. The first-order valence-corrected chi connectivity index (χ1v) is 6.84.